The van der Waals surface area contributed by atoms with E-state index in [2.05, 4.69) is 10.6 Å². The molecule has 0 saturated carbocycles. The zero-order valence-corrected chi connectivity index (χ0v) is 18.1. The van der Waals surface area contributed by atoms with Crippen LogP contribution in [0.5, 0.6) is 0 Å². The first-order valence-electron chi connectivity index (χ1n) is 9.78. The molecule has 0 aliphatic heterocycles. The third kappa shape index (κ3) is 9.66. The first-order valence-corrected chi connectivity index (χ1v) is 11.2. The molecule has 10 nitrogen and oxygen atoms in total. The van der Waals surface area contributed by atoms with E-state index in [0.29, 0.717) is 17.7 Å². The minimum Gasteiger partial charge on any atom is -0.481 e. The summed E-state index contributed by atoms with van der Waals surface area (Å²) in [5, 5.41) is 43.9. The maximum Gasteiger partial charge on any atom is 0.305 e. The Hall–Kier alpha value is -2.18. The van der Waals surface area contributed by atoms with E-state index in [1.807, 2.05) is 6.26 Å². The second-order valence-electron chi connectivity index (χ2n) is 7.09. The number of nitrogens with one attached hydrogen (secondary N) is 2. The highest BCUT2D eigenvalue weighted by molar-refractivity contribution is 7.98. The van der Waals surface area contributed by atoms with E-state index in [0.717, 1.165) is 0 Å². The van der Waals surface area contributed by atoms with Crippen LogP contribution in [0, 0.1) is 0 Å². The highest BCUT2D eigenvalue weighted by Gasteiger charge is 2.30. The lowest BCUT2D eigenvalue weighted by molar-refractivity contribution is -0.139. The average molecular weight is 458 g/mol. The molecule has 1 aromatic rings. The van der Waals surface area contributed by atoms with Crippen molar-refractivity contribution in [2.75, 3.05) is 18.6 Å². The van der Waals surface area contributed by atoms with Crippen molar-refractivity contribution >= 4 is 29.5 Å². The summed E-state index contributed by atoms with van der Waals surface area (Å²) in [6.45, 7) is -0.530. The molecule has 0 unspecified atom stereocenters. The van der Waals surface area contributed by atoms with E-state index in [-0.39, 0.29) is 6.42 Å². The number of aliphatic hydroxyl groups excluding tert-OH is 3. The van der Waals surface area contributed by atoms with Gasteiger partial charge in [-0.05, 0) is 30.4 Å². The molecule has 174 valence electrons. The SMILES string of the molecule is CSCC[C@H](N)C(=O)N[C@@H](CO)C[C@@H](O)[C@H](O)C(=O)N[C@@H](CC(=O)O)c1ccccc1. The highest BCUT2D eigenvalue weighted by atomic mass is 32.2. The first-order chi connectivity index (χ1) is 14.7. The Bertz CT molecular complexity index is 707. The van der Waals surface area contributed by atoms with E-state index in [4.69, 9.17) is 10.8 Å². The van der Waals surface area contributed by atoms with Crippen LogP contribution in [0.4, 0.5) is 0 Å². The van der Waals surface area contributed by atoms with Crippen molar-refractivity contribution in [1.82, 2.24) is 10.6 Å². The molecule has 0 heterocycles. The van der Waals surface area contributed by atoms with Gasteiger partial charge in [0.1, 0.15) is 0 Å². The van der Waals surface area contributed by atoms with Crippen molar-refractivity contribution in [1.29, 1.82) is 0 Å². The molecule has 1 rings (SSSR count). The van der Waals surface area contributed by atoms with Crippen molar-refractivity contribution in [3.8, 4) is 0 Å². The van der Waals surface area contributed by atoms with Crippen molar-refractivity contribution < 1.29 is 34.8 Å². The van der Waals surface area contributed by atoms with E-state index in [9.17, 15) is 29.7 Å². The van der Waals surface area contributed by atoms with E-state index in [1.54, 1.807) is 30.3 Å². The smallest absolute Gasteiger partial charge is 0.305 e. The third-order valence-corrected chi connectivity index (χ3v) is 5.24. The zero-order valence-electron chi connectivity index (χ0n) is 17.3. The predicted octanol–water partition coefficient (Wildman–Crippen LogP) is -1.01. The number of carboxylic acids is 1. The summed E-state index contributed by atoms with van der Waals surface area (Å²) in [6, 6.07) is 5.75. The van der Waals surface area contributed by atoms with Crippen LogP contribution < -0.4 is 16.4 Å². The van der Waals surface area contributed by atoms with Crippen LogP contribution >= 0.6 is 11.8 Å². The largest absolute Gasteiger partial charge is 0.481 e. The van der Waals surface area contributed by atoms with Gasteiger partial charge in [-0.15, -0.1) is 0 Å². The monoisotopic (exact) mass is 457 g/mol. The van der Waals surface area contributed by atoms with Crippen LogP contribution in [0.15, 0.2) is 30.3 Å². The van der Waals surface area contributed by atoms with Gasteiger partial charge in [0.15, 0.2) is 6.10 Å². The molecule has 0 bridgehead atoms. The summed E-state index contributed by atoms with van der Waals surface area (Å²) in [5.41, 5.74) is 6.29. The lowest BCUT2D eigenvalue weighted by Gasteiger charge is -2.25. The van der Waals surface area contributed by atoms with Gasteiger partial charge in [-0.2, -0.15) is 11.8 Å². The molecule has 11 heteroatoms. The van der Waals surface area contributed by atoms with Gasteiger partial charge in [-0.25, -0.2) is 0 Å². The van der Waals surface area contributed by atoms with Gasteiger partial charge in [0, 0.05) is 0 Å². The van der Waals surface area contributed by atoms with Gasteiger partial charge in [0.05, 0.1) is 37.3 Å². The standard InChI is InChI=1S/C20H31N3O7S/c1-31-8-7-14(21)19(29)22-13(11-24)9-16(25)18(28)20(30)23-15(10-17(26)27)12-5-3-2-4-6-12/h2-6,13-16,18,24-25,28H,7-11,21H2,1H3,(H,22,29)(H,23,30)(H,26,27)/t13-,14+,15+,16-,18+/m1/s1. The molecular formula is C20H31N3O7S. The summed E-state index contributed by atoms with van der Waals surface area (Å²) in [5.74, 6) is -1.95. The molecule has 0 aliphatic carbocycles. The van der Waals surface area contributed by atoms with Gasteiger partial charge in [0.2, 0.25) is 5.91 Å². The van der Waals surface area contributed by atoms with Crippen LogP contribution in [-0.2, 0) is 14.4 Å². The van der Waals surface area contributed by atoms with E-state index >= 15 is 0 Å². The minimum atomic E-state index is -1.89. The first kappa shape index (κ1) is 26.9. The number of hydrogen-bond acceptors (Lipinski definition) is 8. The summed E-state index contributed by atoms with van der Waals surface area (Å²) < 4.78 is 0. The van der Waals surface area contributed by atoms with Gasteiger partial charge < -0.3 is 36.8 Å². The molecule has 8 N–H and O–H groups in total. The number of carbonyl (C=O) groups excluding carboxylic acids is 2. The molecule has 31 heavy (non-hydrogen) atoms. The van der Waals surface area contributed by atoms with Gasteiger partial charge >= 0.3 is 5.97 Å². The normalized spacial score (nSPS) is 15.9. The molecule has 5 atom stereocenters. The fraction of sp³-hybridized carbons (Fsp3) is 0.550. The number of carboxylic acid groups (broad SMARTS) is 1. The van der Waals surface area contributed by atoms with Crippen LogP contribution in [0.1, 0.15) is 30.9 Å². The average Bonchev–Trinajstić information content (AvgIpc) is 2.75. The fourth-order valence-electron chi connectivity index (χ4n) is 2.83. The Morgan fingerprint density at radius 1 is 1.10 bits per heavy atom. The Morgan fingerprint density at radius 3 is 2.29 bits per heavy atom. The third-order valence-electron chi connectivity index (χ3n) is 4.59. The fourth-order valence-corrected chi connectivity index (χ4v) is 3.32. The summed E-state index contributed by atoms with van der Waals surface area (Å²) >= 11 is 1.53. The number of amides is 2. The molecule has 2 amide bonds. The Balaban J connectivity index is 2.70. The maximum atomic E-state index is 12.4. The second-order valence-corrected chi connectivity index (χ2v) is 8.08. The number of benzene rings is 1. The van der Waals surface area contributed by atoms with Crippen LogP contribution in [-0.4, -0.2) is 81.1 Å². The summed E-state index contributed by atoms with van der Waals surface area (Å²) in [4.78, 5) is 35.6. The Labute approximate surface area is 185 Å². The van der Waals surface area contributed by atoms with Crippen molar-refractivity contribution in [3.63, 3.8) is 0 Å². The van der Waals surface area contributed by atoms with E-state index in [1.165, 1.54) is 11.8 Å². The minimum absolute atomic E-state index is 0.305. The summed E-state index contributed by atoms with van der Waals surface area (Å²) in [6.07, 6.45) is -1.91. The number of thioether (sulfide) groups is 1. The number of nitrogens with two attached hydrogens (primary N) is 1. The molecule has 0 radical (unpaired) electrons. The van der Waals surface area contributed by atoms with Crippen LogP contribution in [0.2, 0.25) is 0 Å². The summed E-state index contributed by atoms with van der Waals surface area (Å²) in [7, 11) is 0. The van der Waals surface area contributed by atoms with Crippen molar-refractivity contribution in [2.24, 2.45) is 5.73 Å². The quantitative estimate of drug-likeness (QED) is 0.184. The number of carbonyl (C=O) groups is 3. The molecule has 0 spiro atoms. The Kier molecular flexibility index (Phi) is 12.1. The number of aliphatic hydroxyl groups is 3. The molecule has 0 aromatic heterocycles. The molecule has 0 aliphatic rings. The highest BCUT2D eigenvalue weighted by Crippen LogP contribution is 2.17. The lowest BCUT2D eigenvalue weighted by atomic mass is 10.0. The van der Waals surface area contributed by atoms with Crippen LogP contribution in [0.3, 0.4) is 0 Å². The molecular weight excluding hydrogens is 426 g/mol. The number of aliphatic carboxylic acids is 1. The van der Waals surface area contributed by atoms with Crippen LogP contribution in [0.25, 0.3) is 0 Å². The molecule has 0 fully saturated rings. The van der Waals surface area contributed by atoms with Crippen molar-refractivity contribution in [2.45, 2.75) is 49.6 Å². The Morgan fingerprint density at radius 2 is 1.74 bits per heavy atom. The molecule has 0 saturated heterocycles. The number of rotatable bonds is 14. The van der Waals surface area contributed by atoms with E-state index < -0.39 is 61.1 Å². The maximum absolute atomic E-state index is 12.4. The lowest BCUT2D eigenvalue weighted by Crippen LogP contribution is -2.50. The predicted molar refractivity (Wildman–Crippen MR) is 116 cm³/mol. The van der Waals surface area contributed by atoms with Gasteiger partial charge in [0.25, 0.3) is 5.91 Å². The zero-order chi connectivity index (χ0) is 23.4. The molecule has 1 aromatic carbocycles. The number of hydrogen-bond donors (Lipinski definition) is 7. The topological polar surface area (TPSA) is 182 Å². The van der Waals surface area contributed by atoms with Gasteiger partial charge in [-0.1, -0.05) is 30.3 Å². The van der Waals surface area contributed by atoms with Gasteiger partial charge in [-0.3, -0.25) is 14.4 Å². The van der Waals surface area contributed by atoms with Crippen molar-refractivity contribution in [3.05, 3.63) is 35.9 Å². The second kappa shape index (κ2) is 14.0.